The summed E-state index contributed by atoms with van der Waals surface area (Å²) < 4.78 is 0.730. The summed E-state index contributed by atoms with van der Waals surface area (Å²) >= 11 is 2.77. The number of Topliss-reactive ketones (excluding diaryl/α,β-unsaturated/α-hetero) is 1. The lowest BCUT2D eigenvalue weighted by molar-refractivity contribution is -0.116. The molecule has 0 fully saturated rings. The zero-order chi connectivity index (χ0) is 18.8. The summed E-state index contributed by atoms with van der Waals surface area (Å²) in [6.45, 7) is 1.84. The molecule has 1 amide bonds. The van der Waals surface area contributed by atoms with Gasteiger partial charge >= 0.3 is 0 Å². The molecule has 8 heteroatoms. The molecule has 3 aromatic rings. The third kappa shape index (κ3) is 3.86. The van der Waals surface area contributed by atoms with Crippen molar-refractivity contribution in [2.75, 3.05) is 16.4 Å². The number of benzene rings is 2. The lowest BCUT2D eigenvalue weighted by Crippen LogP contribution is -2.08. The van der Waals surface area contributed by atoms with Gasteiger partial charge in [-0.15, -0.1) is 10.2 Å². The van der Waals surface area contributed by atoms with Crippen molar-refractivity contribution in [2.45, 2.75) is 17.2 Å². The van der Waals surface area contributed by atoms with Crippen molar-refractivity contribution in [2.24, 2.45) is 0 Å². The summed E-state index contributed by atoms with van der Waals surface area (Å²) in [6.07, 6.45) is 0. The van der Waals surface area contributed by atoms with Crippen molar-refractivity contribution in [3.8, 4) is 0 Å². The van der Waals surface area contributed by atoms with E-state index in [4.69, 9.17) is 0 Å². The standard InChI is InChI=1S/C19H16N4O2S2/c1-11-14-9-12(7-8-15(14)21-17(11)25)16(24)10-26-19-23-22-18(27-19)20-13-5-3-2-4-6-13/h2-9,11H,10H2,1H3,(H,20,22)(H,21,25)/t11-/m0/s1. The number of nitrogens with one attached hydrogen (secondary N) is 2. The van der Waals surface area contributed by atoms with Gasteiger partial charge in [0.1, 0.15) is 0 Å². The highest BCUT2D eigenvalue weighted by atomic mass is 32.2. The molecular weight excluding hydrogens is 380 g/mol. The molecule has 6 nitrogen and oxygen atoms in total. The first-order chi connectivity index (χ1) is 13.1. The van der Waals surface area contributed by atoms with Gasteiger partial charge in [0.25, 0.3) is 0 Å². The molecule has 0 aliphatic carbocycles. The molecule has 0 radical (unpaired) electrons. The fourth-order valence-electron chi connectivity index (χ4n) is 2.76. The SMILES string of the molecule is C[C@@H]1C(=O)Nc2ccc(C(=O)CSc3nnc(Nc4ccccc4)s3)cc21. The van der Waals surface area contributed by atoms with Crippen LogP contribution >= 0.6 is 23.1 Å². The Kier molecular flexibility index (Phi) is 4.91. The summed E-state index contributed by atoms with van der Waals surface area (Å²) in [4.78, 5) is 24.3. The van der Waals surface area contributed by atoms with Gasteiger partial charge in [0.2, 0.25) is 11.0 Å². The Morgan fingerprint density at radius 1 is 1.22 bits per heavy atom. The average molecular weight is 396 g/mol. The van der Waals surface area contributed by atoms with Crippen LogP contribution in [-0.4, -0.2) is 27.6 Å². The van der Waals surface area contributed by atoms with Gasteiger partial charge in [-0.05, 0) is 42.8 Å². The Morgan fingerprint density at radius 3 is 2.85 bits per heavy atom. The second-order valence-electron chi connectivity index (χ2n) is 6.09. The number of nitrogens with zero attached hydrogens (tertiary/aromatic N) is 2. The van der Waals surface area contributed by atoms with E-state index in [1.165, 1.54) is 23.1 Å². The van der Waals surface area contributed by atoms with Gasteiger partial charge in [-0.2, -0.15) is 0 Å². The Balaban J connectivity index is 1.38. The highest BCUT2D eigenvalue weighted by Crippen LogP contribution is 2.33. The molecule has 1 aliphatic heterocycles. The van der Waals surface area contributed by atoms with E-state index in [0.29, 0.717) is 10.7 Å². The van der Waals surface area contributed by atoms with Gasteiger partial charge in [0, 0.05) is 16.9 Å². The first-order valence-corrected chi connectivity index (χ1v) is 10.2. The van der Waals surface area contributed by atoms with E-state index in [2.05, 4.69) is 20.8 Å². The van der Waals surface area contributed by atoms with E-state index in [-0.39, 0.29) is 23.4 Å². The van der Waals surface area contributed by atoms with Crippen molar-refractivity contribution in [3.05, 3.63) is 59.7 Å². The van der Waals surface area contributed by atoms with Crippen molar-refractivity contribution in [3.63, 3.8) is 0 Å². The molecule has 1 atom stereocenters. The van der Waals surface area contributed by atoms with Gasteiger partial charge < -0.3 is 10.6 Å². The number of thioether (sulfide) groups is 1. The zero-order valence-corrected chi connectivity index (χ0v) is 16.1. The molecule has 136 valence electrons. The van der Waals surface area contributed by atoms with Crippen LogP contribution in [0.2, 0.25) is 0 Å². The van der Waals surface area contributed by atoms with E-state index in [0.717, 1.165) is 21.3 Å². The van der Waals surface area contributed by atoms with E-state index >= 15 is 0 Å². The fraction of sp³-hybridized carbons (Fsp3) is 0.158. The van der Waals surface area contributed by atoms with E-state index in [9.17, 15) is 9.59 Å². The third-order valence-electron chi connectivity index (χ3n) is 4.25. The second-order valence-corrected chi connectivity index (χ2v) is 8.29. The van der Waals surface area contributed by atoms with Crippen LogP contribution in [-0.2, 0) is 4.79 Å². The molecular formula is C19H16N4O2S2. The fourth-order valence-corrected chi connectivity index (χ4v) is 4.43. The number of carbonyl (C=O) groups excluding carboxylic acids is 2. The van der Waals surface area contributed by atoms with Gasteiger partial charge in [0.15, 0.2) is 10.1 Å². The number of aromatic nitrogens is 2. The van der Waals surface area contributed by atoms with E-state index in [1.807, 2.05) is 43.3 Å². The molecule has 2 aromatic carbocycles. The largest absolute Gasteiger partial charge is 0.330 e. The average Bonchev–Trinajstić information content (AvgIpc) is 3.24. The van der Waals surface area contributed by atoms with Crippen LogP contribution in [0.3, 0.4) is 0 Å². The molecule has 0 saturated carbocycles. The maximum Gasteiger partial charge on any atom is 0.231 e. The Hall–Kier alpha value is -2.71. The Labute approximate surface area is 164 Å². The number of ketones is 1. The molecule has 27 heavy (non-hydrogen) atoms. The quantitative estimate of drug-likeness (QED) is 0.477. The van der Waals surface area contributed by atoms with Crippen LogP contribution in [0.25, 0.3) is 0 Å². The Bertz CT molecular complexity index is 1000. The first kappa shape index (κ1) is 17.7. The minimum absolute atomic E-state index is 0.00196. The van der Waals surface area contributed by atoms with Crippen LogP contribution in [0.1, 0.15) is 28.8 Å². The molecule has 1 aliphatic rings. The number of para-hydroxylation sites is 1. The van der Waals surface area contributed by atoms with Gasteiger partial charge in [-0.25, -0.2) is 0 Å². The van der Waals surface area contributed by atoms with E-state index in [1.54, 1.807) is 12.1 Å². The number of amides is 1. The zero-order valence-electron chi connectivity index (χ0n) is 14.4. The van der Waals surface area contributed by atoms with Crippen LogP contribution in [0.15, 0.2) is 52.9 Å². The maximum atomic E-state index is 12.5. The lowest BCUT2D eigenvalue weighted by Gasteiger charge is -2.04. The monoisotopic (exact) mass is 396 g/mol. The van der Waals surface area contributed by atoms with Crippen LogP contribution in [0, 0.1) is 0 Å². The summed E-state index contributed by atoms with van der Waals surface area (Å²) in [7, 11) is 0. The van der Waals surface area contributed by atoms with Gasteiger partial charge in [-0.1, -0.05) is 41.3 Å². The van der Waals surface area contributed by atoms with Crippen molar-refractivity contribution in [1.29, 1.82) is 0 Å². The predicted molar refractivity (Wildman–Crippen MR) is 108 cm³/mol. The number of hydrogen-bond acceptors (Lipinski definition) is 7. The smallest absolute Gasteiger partial charge is 0.231 e. The molecule has 2 heterocycles. The van der Waals surface area contributed by atoms with Gasteiger partial charge in [0.05, 0.1) is 11.7 Å². The number of carbonyl (C=O) groups is 2. The van der Waals surface area contributed by atoms with Gasteiger partial charge in [-0.3, -0.25) is 9.59 Å². The summed E-state index contributed by atoms with van der Waals surface area (Å²) in [6, 6.07) is 15.1. The summed E-state index contributed by atoms with van der Waals surface area (Å²) in [5.41, 5.74) is 3.21. The minimum Gasteiger partial charge on any atom is -0.330 e. The van der Waals surface area contributed by atoms with Crippen LogP contribution in [0.4, 0.5) is 16.5 Å². The number of anilines is 3. The normalized spacial score (nSPS) is 15.3. The first-order valence-electron chi connectivity index (χ1n) is 8.36. The Morgan fingerprint density at radius 2 is 2.04 bits per heavy atom. The molecule has 2 N–H and O–H groups in total. The number of fused-ring (bicyclic) bond motifs is 1. The van der Waals surface area contributed by atoms with E-state index < -0.39 is 0 Å². The maximum absolute atomic E-state index is 12.5. The summed E-state index contributed by atoms with van der Waals surface area (Å²) in [5, 5.41) is 14.9. The van der Waals surface area contributed by atoms with Crippen molar-refractivity contribution >= 4 is 51.3 Å². The predicted octanol–water partition coefficient (Wildman–Crippen LogP) is 4.31. The third-order valence-corrected chi connectivity index (χ3v) is 6.22. The number of rotatable bonds is 6. The lowest BCUT2D eigenvalue weighted by atomic mass is 9.99. The second kappa shape index (κ2) is 7.50. The van der Waals surface area contributed by atoms with Crippen molar-refractivity contribution < 1.29 is 9.59 Å². The van der Waals surface area contributed by atoms with Crippen LogP contribution in [0.5, 0.6) is 0 Å². The molecule has 0 bridgehead atoms. The van der Waals surface area contributed by atoms with Crippen LogP contribution < -0.4 is 10.6 Å². The molecule has 4 rings (SSSR count). The highest BCUT2D eigenvalue weighted by molar-refractivity contribution is 8.01. The molecule has 0 unspecified atom stereocenters. The molecule has 0 saturated heterocycles. The number of hydrogen-bond donors (Lipinski definition) is 2. The highest BCUT2D eigenvalue weighted by Gasteiger charge is 2.27. The minimum atomic E-state index is -0.227. The molecule has 1 aromatic heterocycles. The molecule has 0 spiro atoms. The van der Waals surface area contributed by atoms with Crippen molar-refractivity contribution in [1.82, 2.24) is 10.2 Å². The summed E-state index contributed by atoms with van der Waals surface area (Å²) in [5.74, 6) is 0.0164. The topological polar surface area (TPSA) is 84.0 Å².